The summed E-state index contributed by atoms with van der Waals surface area (Å²) in [5, 5.41) is 3.88. The van der Waals surface area contributed by atoms with E-state index in [4.69, 9.17) is 9.15 Å². The zero-order valence-electron chi connectivity index (χ0n) is 13.2. The van der Waals surface area contributed by atoms with Crippen LogP contribution in [0, 0.1) is 20.8 Å². The maximum atomic E-state index is 12.0. The Bertz CT molecular complexity index is 960. The first-order chi connectivity index (χ1) is 11.1. The molecule has 0 fully saturated rings. The van der Waals surface area contributed by atoms with E-state index in [-0.39, 0.29) is 5.63 Å². The first-order valence-corrected chi connectivity index (χ1v) is 8.28. The Labute approximate surface area is 137 Å². The molecule has 0 bridgehead atoms. The number of aryl methyl sites for hydroxylation is 2. The highest BCUT2D eigenvalue weighted by atomic mass is 32.1. The number of hydrogen-bond acceptors (Lipinski definition) is 6. The van der Waals surface area contributed by atoms with Gasteiger partial charge in [0, 0.05) is 33.7 Å². The number of benzene rings is 1. The van der Waals surface area contributed by atoms with Crippen molar-refractivity contribution in [1.29, 1.82) is 0 Å². The Morgan fingerprint density at radius 3 is 2.78 bits per heavy atom. The molecule has 3 heterocycles. The molecule has 0 radical (unpaired) electrons. The van der Waals surface area contributed by atoms with Crippen LogP contribution in [0.3, 0.4) is 0 Å². The van der Waals surface area contributed by atoms with Crippen LogP contribution >= 0.6 is 11.3 Å². The van der Waals surface area contributed by atoms with Gasteiger partial charge in [-0.05, 0) is 32.4 Å². The maximum absolute atomic E-state index is 12.0. The molecule has 0 saturated carbocycles. The second-order valence-corrected chi connectivity index (χ2v) is 6.67. The van der Waals surface area contributed by atoms with Crippen molar-refractivity contribution in [2.24, 2.45) is 0 Å². The number of nitrogens with zero attached hydrogens (tertiary/aromatic N) is 2. The van der Waals surface area contributed by atoms with Gasteiger partial charge in [0.15, 0.2) is 11.9 Å². The number of aromatic nitrogens is 1. The van der Waals surface area contributed by atoms with Gasteiger partial charge in [-0.2, -0.15) is 0 Å². The second kappa shape index (κ2) is 5.09. The van der Waals surface area contributed by atoms with Crippen molar-refractivity contribution >= 4 is 27.4 Å². The van der Waals surface area contributed by atoms with Gasteiger partial charge in [-0.15, -0.1) is 11.3 Å². The summed E-state index contributed by atoms with van der Waals surface area (Å²) in [4.78, 5) is 18.4. The normalized spacial score (nSPS) is 14.0. The van der Waals surface area contributed by atoms with Gasteiger partial charge in [0.05, 0.1) is 6.54 Å². The average molecular weight is 328 g/mol. The van der Waals surface area contributed by atoms with E-state index in [0.717, 1.165) is 39.5 Å². The Morgan fingerprint density at radius 1 is 1.22 bits per heavy atom. The molecule has 2 aromatic heterocycles. The monoisotopic (exact) mass is 328 g/mol. The molecule has 5 nitrogen and oxygen atoms in total. The SMILES string of the molecule is Cc1c(C)c2cc3c(c(C)c2oc1=O)OCN(c1nccs1)C3. The summed E-state index contributed by atoms with van der Waals surface area (Å²) in [7, 11) is 0. The molecule has 0 unspecified atom stereocenters. The Hall–Kier alpha value is -2.34. The van der Waals surface area contributed by atoms with Gasteiger partial charge in [-0.3, -0.25) is 0 Å². The Balaban J connectivity index is 1.90. The van der Waals surface area contributed by atoms with Gasteiger partial charge in [0.1, 0.15) is 11.3 Å². The molecule has 1 aromatic carbocycles. The maximum Gasteiger partial charge on any atom is 0.339 e. The summed E-state index contributed by atoms with van der Waals surface area (Å²) in [5.74, 6) is 0.816. The lowest BCUT2D eigenvalue weighted by molar-refractivity contribution is 0.287. The van der Waals surface area contributed by atoms with E-state index >= 15 is 0 Å². The van der Waals surface area contributed by atoms with Crippen molar-refractivity contribution in [3.8, 4) is 5.75 Å². The van der Waals surface area contributed by atoms with Gasteiger partial charge < -0.3 is 14.1 Å². The van der Waals surface area contributed by atoms with Crippen LogP contribution in [0.25, 0.3) is 11.0 Å². The zero-order chi connectivity index (χ0) is 16.1. The fourth-order valence-corrected chi connectivity index (χ4v) is 3.62. The van der Waals surface area contributed by atoms with Crippen molar-refractivity contribution in [3.05, 3.63) is 50.3 Å². The number of anilines is 1. The summed E-state index contributed by atoms with van der Waals surface area (Å²) < 4.78 is 11.4. The standard InChI is InChI=1S/C17H16N2O3S/c1-9-10(2)16(20)22-15-11(3)14-12(6-13(9)15)7-19(8-21-14)17-18-4-5-23-17/h4-6H,7-8H2,1-3H3. The van der Waals surface area contributed by atoms with Crippen LogP contribution in [-0.4, -0.2) is 11.7 Å². The molecule has 0 aliphatic carbocycles. The van der Waals surface area contributed by atoms with E-state index in [1.165, 1.54) is 0 Å². The molecule has 0 atom stereocenters. The van der Waals surface area contributed by atoms with E-state index in [1.54, 1.807) is 24.5 Å². The molecule has 0 amide bonds. The highest BCUT2D eigenvalue weighted by molar-refractivity contribution is 7.13. The predicted octanol–water partition coefficient (Wildman–Crippen LogP) is 3.53. The summed E-state index contributed by atoms with van der Waals surface area (Å²) in [6.45, 7) is 6.88. The minimum atomic E-state index is -0.279. The highest BCUT2D eigenvalue weighted by Crippen LogP contribution is 2.37. The largest absolute Gasteiger partial charge is 0.472 e. The van der Waals surface area contributed by atoms with Crippen LogP contribution in [0.2, 0.25) is 0 Å². The lowest BCUT2D eigenvalue weighted by Crippen LogP contribution is -2.32. The summed E-state index contributed by atoms with van der Waals surface area (Å²) >= 11 is 1.59. The lowest BCUT2D eigenvalue weighted by Gasteiger charge is -2.30. The Morgan fingerprint density at radius 2 is 2.04 bits per heavy atom. The average Bonchev–Trinajstić information content (AvgIpc) is 3.08. The molecule has 118 valence electrons. The van der Waals surface area contributed by atoms with Crippen molar-refractivity contribution in [3.63, 3.8) is 0 Å². The van der Waals surface area contributed by atoms with Crippen molar-refractivity contribution < 1.29 is 9.15 Å². The van der Waals surface area contributed by atoms with Crippen LogP contribution in [0.5, 0.6) is 5.75 Å². The molecule has 23 heavy (non-hydrogen) atoms. The third-order valence-electron chi connectivity index (χ3n) is 4.42. The van der Waals surface area contributed by atoms with E-state index < -0.39 is 0 Å². The molecule has 0 saturated heterocycles. The van der Waals surface area contributed by atoms with Gasteiger partial charge >= 0.3 is 5.63 Å². The smallest absolute Gasteiger partial charge is 0.339 e. The molecule has 4 rings (SSSR count). The summed E-state index contributed by atoms with van der Waals surface area (Å²) in [6, 6.07) is 2.07. The Kier molecular flexibility index (Phi) is 3.16. The van der Waals surface area contributed by atoms with Gasteiger partial charge in [-0.1, -0.05) is 0 Å². The number of ether oxygens (including phenoxy) is 1. The fourth-order valence-electron chi connectivity index (χ4n) is 2.99. The van der Waals surface area contributed by atoms with E-state index in [2.05, 4.69) is 16.0 Å². The molecular formula is C17H16N2O3S. The lowest BCUT2D eigenvalue weighted by atomic mass is 9.99. The van der Waals surface area contributed by atoms with Crippen LogP contribution in [0.15, 0.2) is 26.9 Å². The summed E-state index contributed by atoms with van der Waals surface area (Å²) in [5.41, 5.74) is 3.95. The van der Waals surface area contributed by atoms with Gasteiger partial charge in [-0.25, -0.2) is 9.78 Å². The molecule has 6 heteroatoms. The minimum absolute atomic E-state index is 0.279. The molecule has 3 aromatic rings. The van der Waals surface area contributed by atoms with E-state index in [9.17, 15) is 4.79 Å². The predicted molar refractivity (Wildman–Crippen MR) is 90.5 cm³/mol. The quantitative estimate of drug-likeness (QED) is 0.640. The fraction of sp³-hybridized carbons (Fsp3) is 0.294. The van der Waals surface area contributed by atoms with Gasteiger partial charge in [0.2, 0.25) is 0 Å². The first-order valence-electron chi connectivity index (χ1n) is 7.40. The summed E-state index contributed by atoms with van der Waals surface area (Å²) in [6.07, 6.45) is 1.79. The van der Waals surface area contributed by atoms with Crippen molar-refractivity contribution in [2.45, 2.75) is 27.3 Å². The van der Waals surface area contributed by atoms with Crippen molar-refractivity contribution in [1.82, 2.24) is 4.98 Å². The van der Waals surface area contributed by atoms with E-state index in [0.29, 0.717) is 17.9 Å². The van der Waals surface area contributed by atoms with Gasteiger partial charge in [0.25, 0.3) is 0 Å². The number of hydrogen-bond donors (Lipinski definition) is 0. The molecule has 1 aliphatic rings. The highest BCUT2D eigenvalue weighted by Gasteiger charge is 2.24. The zero-order valence-corrected chi connectivity index (χ0v) is 14.0. The molecule has 0 N–H and O–H groups in total. The first kappa shape index (κ1) is 14.3. The van der Waals surface area contributed by atoms with E-state index in [1.807, 2.05) is 19.2 Å². The van der Waals surface area contributed by atoms with Crippen LogP contribution in [0.4, 0.5) is 5.13 Å². The number of thiazole rings is 1. The van der Waals surface area contributed by atoms with Crippen molar-refractivity contribution in [2.75, 3.05) is 11.6 Å². The van der Waals surface area contributed by atoms with Crippen LogP contribution in [0.1, 0.15) is 22.3 Å². The molecular weight excluding hydrogens is 312 g/mol. The molecule has 0 spiro atoms. The minimum Gasteiger partial charge on any atom is -0.472 e. The van der Waals surface area contributed by atoms with Crippen LogP contribution < -0.4 is 15.3 Å². The van der Waals surface area contributed by atoms with Crippen LogP contribution in [-0.2, 0) is 6.54 Å². The second-order valence-electron chi connectivity index (χ2n) is 5.79. The molecule has 1 aliphatic heterocycles. The topological polar surface area (TPSA) is 55.6 Å². The number of fused-ring (bicyclic) bond motifs is 2. The third kappa shape index (κ3) is 2.13. The number of rotatable bonds is 1. The third-order valence-corrected chi connectivity index (χ3v) is 5.25.